The molecule has 1 fully saturated rings. The zero-order valence-corrected chi connectivity index (χ0v) is 22.1. The summed E-state index contributed by atoms with van der Waals surface area (Å²) in [5.41, 5.74) is 3.93. The minimum Gasteiger partial charge on any atom is -0.496 e. The number of para-hydroxylation sites is 2. The van der Waals surface area contributed by atoms with Gasteiger partial charge in [-0.1, -0.05) is 42.5 Å². The Kier molecular flexibility index (Phi) is 7.20. The number of methoxy groups -OCH3 is 2. The van der Waals surface area contributed by atoms with Crippen LogP contribution in [0.2, 0.25) is 0 Å². The molecule has 2 heterocycles. The van der Waals surface area contributed by atoms with Crippen molar-refractivity contribution in [3.05, 3.63) is 94.7 Å². The molecule has 2 N–H and O–H groups in total. The molecule has 2 amide bonds. The van der Waals surface area contributed by atoms with Crippen molar-refractivity contribution in [2.75, 3.05) is 24.5 Å². The predicted octanol–water partition coefficient (Wildman–Crippen LogP) is 4.46. The summed E-state index contributed by atoms with van der Waals surface area (Å²) in [6.07, 6.45) is 2.04. The Morgan fingerprint density at radius 2 is 1.63 bits per heavy atom. The highest BCUT2D eigenvalue weighted by atomic mass is 79.9. The molecule has 8 nitrogen and oxygen atoms in total. The van der Waals surface area contributed by atoms with E-state index >= 15 is 0 Å². The molecule has 0 radical (unpaired) electrons. The molecule has 4 atom stereocenters. The number of hydrazine groups is 1. The first-order valence-electron chi connectivity index (χ1n) is 11.9. The van der Waals surface area contributed by atoms with E-state index in [9.17, 15) is 19.1 Å². The van der Waals surface area contributed by atoms with Gasteiger partial charge in [0.05, 0.1) is 42.0 Å². The number of aliphatic hydroxyl groups excluding tert-OH is 1. The molecule has 0 aromatic heterocycles. The number of aliphatic hydroxyl groups is 1. The highest BCUT2D eigenvalue weighted by Crippen LogP contribution is 2.42. The number of halogens is 2. The van der Waals surface area contributed by atoms with Gasteiger partial charge >= 0.3 is 0 Å². The molecule has 3 aromatic carbocycles. The average molecular weight is 582 g/mol. The van der Waals surface area contributed by atoms with E-state index in [1.54, 1.807) is 66.7 Å². The van der Waals surface area contributed by atoms with Crippen LogP contribution in [-0.4, -0.2) is 48.2 Å². The van der Waals surface area contributed by atoms with E-state index in [0.717, 1.165) is 4.90 Å². The molecule has 0 saturated carbocycles. The molecule has 0 aliphatic carbocycles. The Hall–Kier alpha value is -3.73. The van der Waals surface area contributed by atoms with Crippen molar-refractivity contribution in [3.8, 4) is 11.5 Å². The number of fused-ring (bicyclic) bond motifs is 1. The Morgan fingerprint density at radius 3 is 2.32 bits per heavy atom. The first-order chi connectivity index (χ1) is 18.3. The number of ether oxygens (including phenoxy) is 2. The lowest BCUT2D eigenvalue weighted by atomic mass is 9.90. The second-order valence-electron chi connectivity index (χ2n) is 8.87. The molecular formula is C28H25BrFN3O5. The summed E-state index contributed by atoms with van der Waals surface area (Å²) in [5.74, 6) is -1.41. The number of benzene rings is 3. The number of hydrogen-bond acceptors (Lipinski definition) is 7. The fourth-order valence-electron chi connectivity index (χ4n) is 4.89. The van der Waals surface area contributed by atoms with Crippen LogP contribution in [0.4, 0.5) is 15.8 Å². The highest BCUT2D eigenvalue weighted by molar-refractivity contribution is 9.10. The molecule has 38 heavy (non-hydrogen) atoms. The van der Waals surface area contributed by atoms with Gasteiger partial charge in [-0.05, 0) is 46.3 Å². The molecule has 196 valence electrons. The maximum atomic E-state index is 14.7. The van der Waals surface area contributed by atoms with Crippen LogP contribution in [0.3, 0.4) is 0 Å². The second-order valence-corrected chi connectivity index (χ2v) is 9.72. The van der Waals surface area contributed by atoms with Crippen LogP contribution in [0, 0.1) is 11.7 Å². The van der Waals surface area contributed by atoms with Gasteiger partial charge in [0.2, 0.25) is 5.91 Å². The molecule has 2 aliphatic heterocycles. The Balaban J connectivity index is 1.59. The highest BCUT2D eigenvalue weighted by Gasteiger charge is 2.54. The summed E-state index contributed by atoms with van der Waals surface area (Å²) in [4.78, 5) is 28.3. The largest absolute Gasteiger partial charge is 0.496 e. The maximum Gasteiger partial charge on any atom is 0.254 e. The van der Waals surface area contributed by atoms with Gasteiger partial charge in [0.25, 0.3) is 5.91 Å². The normalized spacial score (nSPS) is 21.8. The molecule has 3 aromatic rings. The van der Waals surface area contributed by atoms with E-state index < -0.39 is 41.7 Å². The maximum absolute atomic E-state index is 14.7. The summed E-state index contributed by atoms with van der Waals surface area (Å²) in [6, 6.07) is 16.0. The SMILES string of the molecule is COc1cc(OC)c(C(O)C2C=CC3C(=O)N(c4ccccc4)C(=O)C3N2Nc2ccccc2F)cc1Br. The Bertz CT molecular complexity index is 1400. The molecular weight excluding hydrogens is 557 g/mol. The number of amides is 2. The number of carbonyl (C=O) groups is 2. The molecule has 0 bridgehead atoms. The minimum absolute atomic E-state index is 0.0973. The van der Waals surface area contributed by atoms with Crippen LogP contribution < -0.4 is 19.8 Å². The smallest absolute Gasteiger partial charge is 0.254 e. The quantitative estimate of drug-likeness (QED) is 0.314. The number of nitrogens with one attached hydrogen (secondary N) is 1. The van der Waals surface area contributed by atoms with E-state index in [0.29, 0.717) is 27.2 Å². The van der Waals surface area contributed by atoms with E-state index in [2.05, 4.69) is 21.4 Å². The lowest BCUT2D eigenvalue weighted by Gasteiger charge is -2.41. The summed E-state index contributed by atoms with van der Waals surface area (Å²) in [5, 5.41) is 13.1. The van der Waals surface area contributed by atoms with Crippen LogP contribution in [0.1, 0.15) is 11.7 Å². The van der Waals surface area contributed by atoms with E-state index in [-0.39, 0.29) is 5.69 Å². The molecule has 5 rings (SSSR count). The van der Waals surface area contributed by atoms with Crippen molar-refractivity contribution in [3.63, 3.8) is 0 Å². The number of rotatable bonds is 7. The van der Waals surface area contributed by atoms with Gasteiger partial charge in [-0.25, -0.2) is 14.3 Å². The molecule has 0 spiro atoms. The topological polar surface area (TPSA) is 91.3 Å². The first kappa shape index (κ1) is 25.9. The third-order valence-corrected chi connectivity index (χ3v) is 7.36. The zero-order valence-electron chi connectivity index (χ0n) is 20.5. The second kappa shape index (κ2) is 10.6. The number of hydrogen-bond donors (Lipinski definition) is 2. The summed E-state index contributed by atoms with van der Waals surface area (Å²) in [7, 11) is 2.98. The van der Waals surface area contributed by atoms with Gasteiger partial charge in [0.1, 0.15) is 29.5 Å². The van der Waals surface area contributed by atoms with Crippen molar-refractivity contribution >= 4 is 39.1 Å². The number of carbonyl (C=O) groups excluding carboxylic acids is 2. The number of imide groups is 1. The van der Waals surface area contributed by atoms with Gasteiger partial charge in [-0.2, -0.15) is 0 Å². The van der Waals surface area contributed by atoms with Gasteiger partial charge in [0.15, 0.2) is 0 Å². The summed E-state index contributed by atoms with van der Waals surface area (Å²) >= 11 is 3.44. The fourth-order valence-corrected chi connectivity index (χ4v) is 5.42. The van der Waals surface area contributed by atoms with E-state index in [1.165, 1.54) is 31.4 Å². The fraction of sp³-hybridized carbons (Fsp3) is 0.214. The van der Waals surface area contributed by atoms with Crippen LogP contribution in [0.25, 0.3) is 0 Å². The van der Waals surface area contributed by atoms with Crippen LogP contribution in [-0.2, 0) is 9.59 Å². The van der Waals surface area contributed by atoms with Crippen molar-refractivity contribution in [1.82, 2.24) is 5.01 Å². The van der Waals surface area contributed by atoms with Crippen LogP contribution in [0.15, 0.2) is 83.4 Å². The molecule has 4 unspecified atom stereocenters. The third-order valence-electron chi connectivity index (χ3n) is 6.74. The Morgan fingerprint density at radius 1 is 0.947 bits per heavy atom. The molecule has 2 aliphatic rings. The minimum atomic E-state index is -1.24. The third kappa shape index (κ3) is 4.44. The monoisotopic (exact) mass is 581 g/mol. The molecule has 10 heteroatoms. The van der Waals surface area contributed by atoms with Crippen molar-refractivity contribution in [2.45, 2.75) is 18.2 Å². The van der Waals surface area contributed by atoms with Gasteiger partial charge in [0, 0.05) is 11.6 Å². The number of nitrogens with zero attached hydrogens (tertiary/aromatic N) is 2. The van der Waals surface area contributed by atoms with Gasteiger partial charge < -0.3 is 20.0 Å². The zero-order chi connectivity index (χ0) is 27.0. The number of anilines is 2. The molecule has 1 saturated heterocycles. The van der Waals surface area contributed by atoms with Crippen molar-refractivity contribution in [2.24, 2.45) is 5.92 Å². The average Bonchev–Trinajstić information content (AvgIpc) is 3.19. The van der Waals surface area contributed by atoms with Gasteiger partial charge in [-0.15, -0.1) is 0 Å². The van der Waals surface area contributed by atoms with Gasteiger partial charge in [-0.3, -0.25) is 9.59 Å². The van der Waals surface area contributed by atoms with E-state index in [1.807, 2.05) is 0 Å². The predicted molar refractivity (Wildman–Crippen MR) is 143 cm³/mol. The first-order valence-corrected chi connectivity index (χ1v) is 12.6. The van der Waals surface area contributed by atoms with Crippen LogP contribution in [0.5, 0.6) is 11.5 Å². The van der Waals surface area contributed by atoms with Crippen molar-refractivity contribution in [1.29, 1.82) is 0 Å². The summed E-state index contributed by atoms with van der Waals surface area (Å²) in [6.45, 7) is 0. The summed E-state index contributed by atoms with van der Waals surface area (Å²) < 4.78 is 26.2. The lowest BCUT2D eigenvalue weighted by Crippen LogP contribution is -2.55. The van der Waals surface area contributed by atoms with E-state index in [4.69, 9.17) is 9.47 Å². The Labute approximate surface area is 227 Å². The van der Waals surface area contributed by atoms with Crippen LogP contribution >= 0.6 is 15.9 Å². The lowest BCUT2D eigenvalue weighted by molar-refractivity contribution is -0.123. The standard InChI is InChI=1S/C28H25BrFN3O5/c1-37-23-15-24(38-2)19(29)14-18(23)26(34)22-13-12-17-25(33(22)31-21-11-7-6-10-20(21)30)28(36)32(27(17)35)16-8-4-3-5-9-16/h3-15,17,22,25-26,31,34H,1-2H3. The van der Waals surface area contributed by atoms with Crippen molar-refractivity contribution < 1.29 is 28.6 Å².